The van der Waals surface area contributed by atoms with E-state index in [0.29, 0.717) is 46.9 Å². The largest absolute Gasteiger partial charge is 0.493 e. The molecule has 0 aliphatic carbocycles. The lowest BCUT2D eigenvalue weighted by molar-refractivity contribution is -0.122. The molecule has 0 atom stereocenters. The first-order chi connectivity index (χ1) is 23.3. The number of fused-ring (bicyclic) bond motifs is 1. The van der Waals surface area contributed by atoms with Gasteiger partial charge in [0, 0.05) is 48.3 Å². The molecule has 2 aliphatic rings. The molecule has 0 bridgehead atoms. The zero-order valence-corrected chi connectivity index (χ0v) is 28.5. The molecule has 3 aromatic carbocycles. The van der Waals surface area contributed by atoms with Gasteiger partial charge in [0.25, 0.3) is 5.91 Å². The molecule has 2 N–H and O–H groups in total. The molecule has 48 heavy (non-hydrogen) atoms. The number of nitrogens with zero attached hydrogens (tertiary/aromatic N) is 2. The van der Waals surface area contributed by atoms with Crippen molar-refractivity contribution in [3.63, 3.8) is 0 Å². The third-order valence-corrected chi connectivity index (χ3v) is 9.58. The fourth-order valence-electron chi connectivity index (χ4n) is 5.71. The molecule has 1 amide bonds. The number of aromatic carboxylic acids is 1. The van der Waals surface area contributed by atoms with Crippen LogP contribution in [-0.4, -0.2) is 95.8 Å². The summed E-state index contributed by atoms with van der Waals surface area (Å²) in [5.74, 6) is 0.358. The van der Waals surface area contributed by atoms with Crippen molar-refractivity contribution in [2.45, 2.75) is 13.3 Å². The highest BCUT2D eigenvalue weighted by Crippen LogP contribution is 2.37. The molecule has 0 saturated carbocycles. The van der Waals surface area contributed by atoms with Gasteiger partial charge < -0.3 is 29.0 Å². The summed E-state index contributed by atoms with van der Waals surface area (Å²) < 4.78 is 23.4. The van der Waals surface area contributed by atoms with E-state index in [9.17, 15) is 14.7 Å². The van der Waals surface area contributed by atoms with Gasteiger partial charge in [-0.3, -0.25) is 14.6 Å². The fourth-order valence-corrected chi connectivity index (χ4v) is 7.02. The molecule has 3 heterocycles. The second-order valence-electron chi connectivity index (χ2n) is 11.5. The summed E-state index contributed by atoms with van der Waals surface area (Å²) in [7, 11) is 1.46. The molecule has 6 rings (SSSR count). The average Bonchev–Trinajstić information content (AvgIpc) is 3.59. The number of H-pyrrole nitrogens is 1. The van der Waals surface area contributed by atoms with Gasteiger partial charge in [-0.25, -0.2) is 4.79 Å². The Morgan fingerprint density at radius 1 is 1.00 bits per heavy atom. The summed E-state index contributed by atoms with van der Waals surface area (Å²) >= 11 is 6.86. The van der Waals surface area contributed by atoms with Crippen molar-refractivity contribution < 1.29 is 33.6 Å². The van der Waals surface area contributed by atoms with Crippen molar-refractivity contribution >= 4 is 57.2 Å². The number of thioether (sulfide) groups is 1. The first-order valence-corrected chi connectivity index (χ1v) is 17.0. The summed E-state index contributed by atoms with van der Waals surface area (Å²) in [5.41, 5.74) is 5.13. The number of ether oxygens (including phenoxy) is 4. The maximum atomic E-state index is 13.4. The van der Waals surface area contributed by atoms with Crippen LogP contribution < -0.4 is 14.2 Å². The Balaban J connectivity index is 1.15. The van der Waals surface area contributed by atoms with Crippen molar-refractivity contribution in [2.24, 2.45) is 0 Å². The van der Waals surface area contributed by atoms with Gasteiger partial charge >= 0.3 is 5.97 Å². The molecular formula is C36H37N3O7S2. The first kappa shape index (κ1) is 33.5. The number of rotatable bonds is 13. The van der Waals surface area contributed by atoms with E-state index in [2.05, 4.69) is 40.2 Å². The molecule has 2 saturated heterocycles. The van der Waals surface area contributed by atoms with Crippen LogP contribution in [0.5, 0.6) is 17.2 Å². The number of aromatic nitrogens is 1. The zero-order valence-electron chi connectivity index (χ0n) is 26.8. The highest BCUT2D eigenvalue weighted by Gasteiger charge is 2.31. The maximum absolute atomic E-state index is 13.4. The Morgan fingerprint density at radius 3 is 2.58 bits per heavy atom. The lowest BCUT2D eigenvalue weighted by atomic mass is 10.00. The van der Waals surface area contributed by atoms with Crippen molar-refractivity contribution in [3.05, 3.63) is 82.4 Å². The van der Waals surface area contributed by atoms with Crippen LogP contribution in [0.2, 0.25) is 0 Å². The van der Waals surface area contributed by atoms with Crippen LogP contribution in [-0.2, 0) is 9.53 Å². The molecule has 1 aromatic heterocycles. The third-order valence-electron chi connectivity index (χ3n) is 8.20. The number of aryl methyl sites for hydroxylation is 1. The number of morpholine rings is 1. The van der Waals surface area contributed by atoms with Crippen LogP contribution >= 0.6 is 24.0 Å². The average molecular weight is 688 g/mol. The molecule has 12 heteroatoms. The number of aromatic amines is 1. The van der Waals surface area contributed by atoms with Crippen LogP contribution in [0.3, 0.4) is 0 Å². The van der Waals surface area contributed by atoms with Crippen LogP contribution in [0.15, 0.2) is 65.6 Å². The Labute approximate surface area is 288 Å². The monoisotopic (exact) mass is 687 g/mol. The van der Waals surface area contributed by atoms with Crippen molar-refractivity contribution in [1.29, 1.82) is 0 Å². The minimum Gasteiger partial charge on any atom is -0.493 e. The molecule has 0 spiro atoms. The summed E-state index contributed by atoms with van der Waals surface area (Å²) in [6.45, 7) is 7.39. The van der Waals surface area contributed by atoms with Crippen molar-refractivity contribution in [3.8, 4) is 28.4 Å². The van der Waals surface area contributed by atoms with Gasteiger partial charge in [0.05, 0.1) is 37.4 Å². The highest BCUT2D eigenvalue weighted by molar-refractivity contribution is 8.26. The lowest BCUT2D eigenvalue weighted by Crippen LogP contribution is -2.38. The van der Waals surface area contributed by atoms with Crippen LogP contribution in [0.4, 0.5) is 0 Å². The van der Waals surface area contributed by atoms with E-state index in [0.717, 1.165) is 71.9 Å². The highest BCUT2D eigenvalue weighted by atomic mass is 32.2. The van der Waals surface area contributed by atoms with Gasteiger partial charge in [0.15, 0.2) is 11.5 Å². The van der Waals surface area contributed by atoms with Crippen LogP contribution in [0.25, 0.3) is 28.1 Å². The second-order valence-corrected chi connectivity index (χ2v) is 13.2. The number of methoxy groups -OCH3 is 1. The molecule has 4 aromatic rings. The Bertz CT molecular complexity index is 1870. The molecular weight excluding hydrogens is 651 g/mol. The lowest BCUT2D eigenvalue weighted by Gasteiger charge is -2.26. The minimum atomic E-state index is -1.05. The molecule has 2 aliphatic heterocycles. The molecule has 250 valence electrons. The quantitative estimate of drug-likeness (QED) is 0.0953. The molecule has 0 radical (unpaired) electrons. The number of amides is 1. The predicted octanol–water partition coefficient (Wildman–Crippen LogP) is 6.23. The number of nitrogens with one attached hydrogen (secondary N) is 1. The second kappa shape index (κ2) is 15.2. The molecule has 2 fully saturated rings. The number of hydrogen-bond donors (Lipinski definition) is 2. The van der Waals surface area contributed by atoms with Gasteiger partial charge in [-0.2, -0.15) is 0 Å². The van der Waals surface area contributed by atoms with Crippen molar-refractivity contribution in [2.75, 3.05) is 59.7 Å². The third kappa shape index (κ3) is 7.84. The maximum Gasteiger partial charge on any atom is 0.335 e. The van der Waals surface area contributed by atoms with Crippen LogP contribution in [0.1, 0.15) is 28.0 Å². The van der Waals surface area contributed by atoms with Gasteiger partial charge in [0.1, 0.15) is 16.7 Å². The van der Waals surface area contributed by atoms with E-state index in [-0.39, 0.29) is 11.5 Å². The van der Waals surface area contributed by atoms with E-state index >= 15 is 0 Å². The van der Waals surface area contributed by atoms with Gasteiger partial charge in [0.2, 0.25) is 0 Å². The fraction of sp³-hybridized carbons (Fsp3) is 0.306. The number of thiocarbonyl (C=S) groups is 1. The first-order valence-electron chi connectivity index (χ1n) is 15.8. The number of carbonyl (C=O) groups excluding carboxylic acids is 1. The number of carbonyl (C=O) groups is 2. The summed E-state index contributed by atoms with van der Waals surface area (Å²) in [6, 6.07) is 18.9. The number of carboxylic acids is 1. The van der Waals surface area contributed by atoms with Gasteiger partial charge in [-0.15, -0.1) is 0 Å². The van der Waals surface area contributed by atoms with E-state index in [1.54, 1.807) is 11.0 Å². The summed E-state index contributed by atoms with van der Waals surface area (Å²) in [6.07, 6.45) is 2.40. The van der Waals surface area contributed by atoms with E-state index in [1.165, 1.54) is 31.0 Å². The normalized spacial score (nSPS) is 16.2. The zero-order chi connectivity index (χ0) is 33.6. The standard InChI is InChI=1S/C36H37N3O7S2/c1-23-18-27-21-25(5-7-29(27)37-23)28-19-24(4-8-30(28)46-17-13-38-11-15-44-16-12-38)20-33-34(40)39(36(47)48-33)10-3-14-45-31-9-6-26(35(41)42)22-32(31)43-2/h4-9,18-22,37H,3,10-17H2,1-2H3,(H,41,42). The molecule has 0 unspecified atom stereocenters. The number of benzene rings is 3. The SMILES string of the molecule is COc1cc(C(=O)O)ccc1OCCCN1C(=O)C(=Cc2ccc(OCCN3CCOCC3)c(-c3ccc4[nH]c(C)cc4c3)c2)SC1=S. The Morgan fingerprint density at radius 2 is 1.79 bits per heavy atom. The van der Waals surface area contributed by atoms with Crippen molar-refractivity contribution in [1.82, 2.24) is 14.8 Å². The van der Waals surface area contributed by atoms with E-state index in [1.807, 2.05) is 25.1 Å². The van der Waals surface area contributed by atoms with Gasteiger partial charge in [-0.1, -0.05) is 36.1 Å². The Hall–Kier alpha value is -4.36. The smallest absolute Gasteiger partial charge is 0.335 e. The summed E-state index contributed by atoms with van der Waals surface area (Å²) in [5, 5.41) is 10.3. The minimum absolute atomic E-state index is 0.110. The predicted molar refractivity (Wildman–Crippen MR) is 191 cm³/mol. The summed E-state index contributed by atoms with van der Waals surface area (Å²) in [4.78, 5) is 32.6. The molecule has 10 nitrogen and oxygen atoms in total. The van der Waals surface area contributed by atoms with Crippen LogP contribution in [0, 0.1) is 6.92 Å². The number of hydrogen-bond acceptors (Lipinski definition) is 9. The van der Waals surface area contributed by atoms with E-state index < -0.39 is 5.97 Å². The Kier molecular flexibility index (Phi) is 10.7. The topological polar surface area (TPSA) is 114 Å². The van der Waals surface area contributed by atoms with E-state index in [4.69, 9.17) is 31.2 Å². The van der Waals surface area contributed by atoms with Gasteiger partial charge in [-0.05, 0) is 79.1 Å². The number of carboxylic acid groups (broad SMARTS) is 1.